The number of carbonyl (C=O) groups is 4. The van der Waals surface area contributed by atoms with Crippen LogP contribution in [0.4, 0.5) is 0 Å². The number of hydrogen-bond acceptors (Lipinski definition) is 9. The van der Waals surface area contributed by atoms with Crippen LogP contribution in [0.5, 0.6) is 0 Å². The van der Waals surface area contributed by atoms with Gasteiger partial charge in [-0.2, -0.15) is 5.75 Å². The zero-order valence-corrected chi connectivity index (χ0v) is 23.1. The van der Waals surface area contributed by atoms with Crippen LogP contribution < -0.4 is 21.3 Å². The molecule has 0 fully saturated rings. The predicted molar refractivity (Wildman–Crippen MR) is 135 cm³/mol. The average molecular weight is 685 g/mol. The summed E-state index contributed by atoms with van der Waals surface area (Å²) in [5.41, 5.74) is 1.37. The smallest absolute Gasteiger partial charge is 0.791 e. The second-order valence-electron chi connectivity index (χ2n) is 8.22. The molecule has 0 spiro atoms. The normalized spacial score (nSPS) is 15.5. The first-order valence-electron chi connectivity index (χ1n) is 12.0. The summed E-state index contributed by atoms with van der Waals surface area (Å²) in [6.45, 7) is 4.44. The second kappa shape index (κ2) is 17.4. The van der Waals surface area contributed by atoms with Crippen LogP contribution >= 0.6 is 0 Å². The van der Waals surface area contributed by atoms with Gasteiger partial charge in [-0.15, -0.1) is 0 Å². The number of ketones is 4. The Labute approximate surface area is 228 Å². The number of allylic oxidation sites excluding steroid dienone is 4. The van der Waals surface area contributed by atoms with Gasteiger partial charge in [0.1, 0.15) is 0 Å². The predicted octanol–water partition coefficient (Wildman–Crippen LogP) is 1.48. The Balaban J connectivity index is 0.00000612. The van der Waals surface area contributed by atoms with Crippen LogP contribution in [0.2, 0.25) is 0 Å². The Kier molecular flexibility index (Phi) is 15.4. The van der Waals surface area contributed by atoms with Crippen molar-refractivity contribution in [1.29, 1.82) is 0 Å². The molecule has 0 atom stereocenters. The fourth-order valence-electron chi connectivity index (χ4n) is 3.52. The molecule has 0 heterocycles. The van der Waals surface area contributed by atoms with Gasteiger partial charge in [0.2, 0.25) is 23.1 Å². The van der Waals surface area contributed by atoms with E-state index in [4.69, 9.17) is 12.6 Å². The maximum Gasteiger partial charge on any atom is 1.00 e. The molecule has 0 aromatic carbocycles. The molecule has 0 bridgehead atoms. The van der Waals surface area contributed by atoms with E-state index in [0.29, 0.717) is 54.7 Å². The van der Waals surface area contributed by atoms with Crippen molar-refractivity contribution in [3.05, 3.63) is 47.1 Å². The fourth-order valence-corrected chi connectivity index (χ4v) is 3.62. The third-order valence-corrected chi connectivity index (χ3v) is 5.59. The molecule has 8 nitrogen and oxygen atoms in total. The topological polar surface area (TPSA) is 116 Å². The Morgan fingerprint density at radius 3 is 1.20 bits per heavy atom. The molecule has 2 aliphatic rings. The van der Waals surface area contributed by atoms with E-state index < -0.39 is 0 Å². The van der Waals surface area contributed by atoms with Crippen molar-refractivity contribution in [1.82, 2.24) is 21.3 Å². The summed E-state index contributed by atoms with van der Waals surface area (Å²) in [5, 5.41) is 12.0. The fraction of sp³-hybridized carbons (Fsp3) is 0.520. The summed E-state index contributed by atoms with van der Waals surface area (Å²) in [4.78, 5) is 48.3. The Morgan fingerprint density at radius 1 is 0.543 bits per heavy atom. The van der Waals surface area contributed by atoms with Crippen molar-refractivity contribution in [3.63, 3.8) is 0 Å². The molecular formula is C25H35AuN4O4S. The van der Waals surface area contributed by atoms with Crippen molar-refractivity contribution in [2.45, 2.75) is 51.9 Å². The summed E-state index contributed by atoms with van der Waals surface area (Å²) >= 11 is 4.84. The van der Waals surface area contributed by atoms with Crippen LogP contribution in [-0.4, -0.2) is 55.1 Å². The molecular weight excluding hydrogens is 649 g/mol. The summed E-state index contributed by atoms with van der Waals surface area (Å²) in [5.74, 6) is -0.272. The Hall–Kier alpha value is -2.07. The van der Waals surface area contributed by atoms with Gasteiger partial charge in [0.15, 0.2) is 0 Å². The molecule has 0 unspecified atom stereocenters. The first-order chi connectivity index (χ1) is 16.5. The van der Waals surface area contributed by atoms with Crippen LogP contribution in [0.25, 0.3) is 0 Å². The maximum atomic E-state index is 12.1. The zero-order chi connectivity index (χ0) is 24.8. The number of carbonyl (C=O) groups excluding carboxylic acids is 4. The zero-order valence-electron chi connectivity index (χ0n) is 20.1. The molecule has 2 aliphatic carbocycles. The van der Waals surface area contributed by atoms with Gasteiger partial charge in [0.05, 0.1) is 22.8 Å². The Morgan fingerprint density at radius 2 is 0.857 bits per heavy atom. The number of nitrogens with one attached hydrogen (secondary N) is 4. The molecule has 10 heteroatoms. The molecule has 0 aliphatic heterocycles. The van der Waals surface area contributed by atoms with E-state index >= 15 is 0 Å². The van der Waals surface area contributed by atoms with Crippen molar-refractivity contribution < 1.29 is 41.6 Å². The molecule has 35 heavy (non-hydrogen) atoms. The first kappa shape index (κ1) is 31.0. The number of unbranched alkanes of at least 4 members (excludes halogenated alkanes) is 5. The van der Waals surface area contributed by atoms with E-state index in [1.54, 1.807) is 0 Å². The SMILES string of the molecule is CCCNC1=CC(=O)C(NCCCCCCCCNC2=CC(=O)C(NCC[S-])=CC2=O)=CC1=O.[Au+]. The molecule has 0 saturated carbocycles. The second-order valence-corrected chi connectivity index (χ2v) is 8.63. The van der Waals surface area contributed by atoms with Crippen molar-refractivity contribution in [2.24, 2.45) is 0 Å². The van der Waals surface area contributed by atoms with Gasteiger partial charge in [0.25, 0.3) is 0 Å². The molecule has 0 saturated heterocycles. The third kappa shape index (κ3) is 11.0. The van der Waals surface area contributed by atoms with Gasteiger partial charge >= 0.3 is 22.4 Å². The minimum absolute atomic E-state index is 0. The van der Waals surface area contributed by atoms with Gasteiger partial charge in [0, 0.05) is 43.9 Å². The third-order valence-electron chi connectivity index (χ3n) is 5.38. The molecule has 0 aromatic rings. The summed E-state index contributed by atoms with van der Waals surface area (Å²) in [6, 6.07) is 0. The van der Waals surface area contributed by atoms with Crippen LogP contribution in [-0.2, 0) is 54.2 Å². The largest absolute Gasteiger partial charge is 1.00 e. The summed E-state index contributed by atoms with van der Waals surface area (Å²) in [6.07, 6.45) is 12.3. The van der Waals surface area contributed by atoms with Gasteiger partial charge < -0.3 is 33.9 Å². The van der Waals surface area contributed by atoms with E-state index in [-0.39, 0.29) is 45.5 Å². The van der Waals surface area contributed by atoms with Gasteiger partial charge in [-0.25, -0.2) is 0 Å². The molecule has 0 aromatic heterocycles. The van der Waals surface area contributed by atoms with E-state index in [1.165, 1.54) is 24.3 Å². The van der Waals surface area contributed by atoms with Gasteiger partial charge in [-0.3, -0.25) is 19.2 Å². The average Bonchev–Trinajstić information content (AvgIpc) is 2.82. The first-order valence-corrected chi connectivity index (χ1v) is 12.6. The van der Waals surface area contributed by atoms with E-state index in [1.807, 2.05) is 6.92 Å². The standard InChI is InChI=1S/C25H36N4O4S.Au/c1-2-9-26-18-14-23(31)19(15-22(18)30)27-10-7-5-3-4-6-8-11-28-20-16-25(33)21(17-24(20)32)29-12-13-34;/h14-17,26-29,34H,2-13H2,1H3;/q;+1/p-1. The molecule has 0 radical (unpaired) electrons. The van der Waals surface area contributed by atoms with E-state index in [0.717, 1.165) is 44.9 Å². The van der Waals surface area contributed by atoms with Crippen LogP contribution in [0.15, 0.2) is 47.1 Å². The molecule has 0 amide bonds. The van der Waals surface area contributed by atoms with Crippen LogP contribution in [0.1, 0.15) is 51.9 Å². The van der Waals surface area contributed by atoms with Crippen molar-refractivity contribution in [3.8, 4) is 0 Å². The summed E-state index contributed by atoms with van der Waals surface area (Å²) < 4.78 is 0. The molecule has 4 N–H and O–H groups in total. The van der Waals surface area contributed by atoms with E-state index in [9.17, 15) is 19.2 Å². The van der Waals surface area contributed by atoms with Crippen LogP contribution in [0, 0.1) is 0 Å². The van der Waals surface area contributed by atoms with Crippen molar-refractivity contribution in [2.75, 3.05) is 31.9 Å². The quantitative estimate of drug-likeness (QED) is 0.0783. The van der Waals surface area contributed by atoms with Gasteiger partial charge in [-0.1, -0.05) is 32.6 Å². The molecule has 2 rings (SSSR count). The minimum Gasteiger partial charge on any atom is -0.791 e. The summed E-state index contributed by atoms with van der Waals surface area (Å²) in [7, 11) is 0. The van der Waals surface area contributed by atoms with E-state index in [2.05, 4.69) is 21.3 Å². The number of hydrogen-bond donors (Lipinski definition) is 4. The monoisotopic (exact) mass is 684 g/mol. The molecule has 196 valence electrons. The Bertz CT molecular complexity index is 824. The maximum absolute atomic E-state index is 12.1. The van der Waals surface area contributed by atoms with Gasteiger partial charge in [-0.05, 0) is 25.8 Å². The number of rotatable bonds is 17. The van der Waals surface area contributed by atoms with Crippen molar-refractivity contribution >= 4 is 35.8 Å². The minimum atomic E-state index is -0.209. The van der Waals surface area contributed by atoms with Crippen LogP contribution in [0.3, 0.4) is 0 Å².